The predicted molar refractivity (Wildman–Crippen MR) is 89.9 cm³/mol. The minimum Gasteiger partial charge on any atom is -0.309 e. The van der Waals surface area contributed by atoms with Gasteiger partial charge in [-0.25, -0.2) is 0 Å². The first kappa shape index (κ1) is 20.0. The molecule has 1 rings (SSSR count). The van der Waals surface area contributed by atoms with Crippen LogP contribution in [0.15, 0.2) is 48.6 Å². The lowest BCUT2D eigenvalue weighted by molar-refractivity contribution is 0.605. The molecule has 1 N–H and O–H groups in total. The quantitative estimate of drug-likeness (QED) is 0.477. The molecule has 2 unspecified atom stereocenters. The van der Waals surface area contributed by atoms with Crippen molar-refractivity contribution in [3.05, 3.63) is 48.6 Å². The zero-order chi connectivity index (χ0) is 14.9. The standard InChI is InChI=1S/C12H15N.C4H10.C2H6/c1-11-7-4-5-9-12(11)8-3-2-6-10-13;1-3-4-2;1-2/h2-13H,1H3;3-4H2,1-2H3;1-2H3/b6-2-,8-3+,13-10?;;. The lowest BCUT2D eigenvalue weighted by atomic mass is 9.90. The molecule has 0 aliphatic heterocycles. The van der Waals surface area contributed by atoms with Crippen LogP contribution in [0.5, 0.6) is 0 Å². The number of rotatable bonds is 4. The molecule has 0 saturated carbocycles. The summed E-state index contributed by atoms with van der Waals surface area (Å²) in [6.45, 7) is 10.6. The molecular formula is C18H31N. The van der Waals surface area contributed by atoms with E-state index in [1.165, 1.54) is 19.1 Å². The van der Waals surface area contributed by atoms with Gasteiger partial charge in [-0.2, -0.15) is 0 Å². The molecular weight excluding hydrogens is 230 g/mol. The second kappa shape index (κ2) is 16.6. The molecule has 19 heavy (non-hydrogen) atoms. The summed E-state index contributed by atoms with van der Waals surface area (Å²) in [4.78, 5) is 0. The lowest BCUT2D eigenvalue weighted by Crippen LogP contribution is -2.05. The van der Waals surface area contributed by atoms with E-state index in [0.29, 0.717) is 11.8 Å². The van der Waals surface area contributed by atoms with E-state index in [-0.39, 0.29) is 0 Å². The van der Waals surface area contributed by atoms with E-state index in [9.17, 15) is 0 Å². The summed E-state index contributed by atoms with van der Waals surface area (Å²) in [5.41, 5.74) is 0. The highest BCUT2D eigenvalue weighted by atomic mass is 14.3. The highest BCUT2D eigenvalue weighted by Crippen LogP contribution is 2.19. The molecule has 1 heteroatoms. The van der Waals surface area contributed by atoms with Crippen molar-refractivity contribution >= 4 is 6.21 Å². The third kappa shape index (κ3) is 12.9. The van der Waals surface area contributed by atoms with Gasteiger partial charge in [0.15, 0.2) is 0 Å². The molecule has 0 amide bonds. The normalized spacial score (nSPS) is 20.7. The Morgan fingerprint density at radius 2 is 1.53 bits per heavy atom. The highest BCUT2D eigenvalue weighted by molar-refractivity contribution is 5.68. The van der Waals surface area contributed by atoms with Crippen molar-refractivity contribution in [3.63, 3.8) is 0 Å². The Labute approximate surface area is 120 Å². The van der Waals surface area contributed by atoms with Crippen molar-refractivity contribution in [2.24, 2.45) is 11.8 Å². The first-order valence-corrected chi connectivity index (χ1v) is 7.45. The van der Waals surface area contributed by atoms with Crippen LogP contribution >= 0.6 is 0 Å². The molecule has 1 aliphatic carbocycles. The van der Waals surface area contributed by atoms with Crippen LogP contribution < -0.4 is 0 Å². The van der Waals surface area contributed by atoms with Crippen molar-refractivity contribution in [3.8, 4) is 0 Å². The smallest absolute Gasteiger partial charge is 0.0177 e. The van der Waals surface area contributed by atoms with Gasteiger partial charge in [-0.15, -0.1) is 0 Å². The van der Waals surface area contributed by atoms with Crippen molar-refractivity contribution < 1.29 is 0 Å². The summed E-state index contributed by atoms with van der Waals surface area (Å²) in [5.74, 6) is 1.08. The minimum absolute atomic E-state index is 0.500. The van der Waals surface area contributed by atoms with E-state index in [4.69, 9.17) is 5.41 Å². The molecule has 0 aromatic carbocycles. The van der Waals surface area contributed by atoms with Crippen molar-refractivity contribution in [1.82, 2.24) is 0 Å². The molecule has 0 bridgehead atoms. The van der Waals surface area contributed by atoms with Gasteiger partial charge in [-0.1, -0.05) is 90.0 Å². The molecule has 108 valence electrons. The van der Waals surface area contributed by atoms with Gasteiger partial charge in [0.2, 0.25) is 0 Å². The SMILES string of the molecule is CC.CC1C=CC=CC1/C=C/C=C\C=N.CCCC. The maximum Gasteiger partial charge on any atom is 0.0177 e. The molecule has 1 nitrogen and oxygen atoms in total. The Kier molecular flexibility index (Phi) is 17.5. The Morgan fingerprint density at radius 3 is 2.00 bits per heavy atom. The van der Waals surface area contributed by atoms with Gasteiger partial charge in [0, 0.05) is 12.1 Å². The van der Waals surface area contributed by atoms with Crippen LogP contribution in [0.3, 0.4) is 0 Å². The largest absolute Gasteiger partial charge is 0.309 e. The topological polar surface area (TPSA) is 23.9 Å². The number of hydrogen-bond donors (Lipinski definition) is 1. The summed E-state index contributed by atoms with van der Waals surface area (Å²) < 4.78 is 0. The molecule has 2 atom stereocenters. The Hall–Kier alpha value is -1.37. The van der Waals surface area contributed by atoms with Crippen LogP contribution in [0.1, 0.15) is 47.5 Å². The molecule has 0 aromatic rings. The van der Waals surface area contributed by atoms with Gasteiger partial charge in [0.25, 0.3) is 0 Å². The fourth-order valence-electron chi connectivity index (χ4n) is 1.29. The Balaban J connectivity index is 0. The van der Waals surface area contributed by atoms with Crippen LogP contribution in [-0.4, -0.2) is 6.21 Å². The van der Waals surface area contributed by atoms with E-state index in [1.54, 1.807) is 6.08 Å². The first-order valence-electron chi connectivity index (χ1n) is 7.45. The summed E-state index contributed by atoms with van der Waals surface area (Å²) in [6.07, 6.45) is 20.2. The van der Waals surface area contributed by atoms with Gasteiger partial charge in [0.1, 0.15) is 0 Å². The number of allylic oxidation sites excluding steroid dienone is 8. The summed E-state index contributed by atoms with van der Waals surface area (Å²) >= 11 is 0. The van der Waals surface area contributed by atoms with E-state index in [0.717, 1.165) is 0 Å². The first-order chi connectivity index (χ1) is 9.26. The van der Waals surface area contributed by atoms with Gasteiger partial charge >= 0.3 is 0 Å². The van der Waals surface area contributed by atoms with Crippen molar-refractivity contribution in [1.29, 1.82) is 5.41 Å². The molecule has 0 saturated heterocycles. The van der Waals surface area contributed by atoms with Gasteiger partial charge in [-0.05, 0) is 12.0 Å². The molecule has 0 radical (unpaired) electrons. The summed E-state index contributed by atoms with van der Waals surface area (Å²) in [5, 5.41) is 6.79. The van der Waals surface area contributed by atoms with Gasteiger partial charge < -0.3 is 5.41 Å². The van der Waals surface area contributed by atoms with Gasteiger partial charge in [0.05, 0.1) is 0 Å². The third-order valence-corrected chi connectivity index (χ3v) is 2.62. The van der Waals surface area contributed by atoms with Crippen LogP contribution in [-0.2, 0) is 0 Å². The van der Waals surface area contributed by atoms with Crippen LogP contribution in [0.2, 0.25) is 0 Å². The van der Waals surface area contributed by atoms with Crippen LogP contribution in [0.4, 0.5) is 0 Å². The minimum atomic E-state index is 0.500. The van der Waals surface area contributed by atoms with Crippen LogP contribution in [0, 0.1) is 17.2 Å². The third-order valence-electron chi connectivity index (χ3n) is 2.62. The lowest BCUT2D eigenvalue weighted by Gasteiger charge is -2.15. The zero-order valence-electron chi connectivity index (χ0n) is 13.3. The van der Waals surface area contributed by atoms with E-state index in [2.05, 4.69) is 51.2 Å². The predicted octanol–water partition coefficient (Wildman–Crippen LogP) is 5.96. The second-order valence-corrected chi connectivity index (χ2v) is 4.14. The average Bonchev–Trinajstić information content (AvgIpc) is 2.48. The Bertz CT molecular complexity index is 293. The number of unbranched alkanes of at least 4 members (excludes halogenated alkanes) is 1. The monoisotopic (exact) mass is 261 g/mol. The highest BCUT2D eigenvalue weighted by Gasteiger charge is 2.08. The molecule has 0 heterocycles. The van der Waals surface area contributed by atoms with Crippen molar-refractivity contribution in [2.75, 3.05) is 0 Å². The molecule has 1 aliphatic rings. The van der Waals surface area contributed by atoms with Crippen LogP contribution in [0.25, 0.3) is 0 Å². The molecule has 0 fully saturated rings. The van der Waals surface area contributed by atoms with E-state index < -0.39 is 0 Å². The van der Waals surface area contributed by atoms with E-state index >= 15 is 0 Å². The maximum atomic E-state index is 6.79. The summed E-state index contributed by atoms with van der Waals surface area (Å²) in [7, 11) is 0. The zero-order valence-corrected chi connectivity index (χ0v) is 13.3. The maximum absolute atomic E-state index is 6.79. The van der Waals surface area contributed by atoms with Crippen molar-refractivity contribution in [2.45, 2.75) is 47.5 Å². The number of hydrogen-bond acceptors (Lipinski definition) is 1. The summed E-state index contributed by atoms with van der Waals surface area (Å²) in [6, 6.07) is 0. The number of nitrogens with one attached hydrogen (secondary N) is 1. The average molecular weight is 261 g/mol. The fraction of sp³-hybridized carbons (Fsp3) is 0.500. The van der Waals surface area contributed by atoms with E-state index in [1.807, 2.05) is 26.0 Å². The van der Waals surface area contributed by atoms with Gasteiger partial charge in [-0.3, -0.25) is 0 Å². The fourth-order valence-corrected chi connectivity index (χ4v) is 1.29. The molecule has 0 aromatic heterocycles. The molecule has 0 spiro atoms. The Morgan fingerprint density at radius 1 is 0.947 bits per heavy atom. The second-order valence-electron chi connectivity index (χ2n) is 4.14.